The molecule has 4 nitrogen and oxygen atoms in total. The third kappa shape index (κ3) is 3.53. The predicted molar refractivity (Wildman–Crippen MR) is 78.7 cm³/mol. The molecule has 0 radical (unpaired) electrons. The highest BCUT2D eigenvalue weighted by Crippen LogP contribution is 2.33. The van der Waals surface area contributed by atoms with Gasteiger partial charge in [0.15, 0.2) is 0 Å². The van der Waals surface area contributed by atoms with Gasteiger partial charge in [0.1, 0.15) is 5.75 Å². The number of hydrogen-bond acceptors (Lipinski definition) is 4. The average Bonchev–Trinajstić information content (AvgIpc) is 2.34. The maximum atomic E-state index is 6.18. The number of rotatable bonds is 4. The number of nitrogens with one attached hydrogen (secondary N) is 1. The number of benzene rings is 1. The van der Waals surface area contributed by atoms with E-state index in [4.69, 9.17) is 15.2 Å². The summed E-state index contributed by atoms with van der Waals surface area (Å²) in [4.78, 5) is 0. The van der Waals surface area contributed by atoms with E-state index in [1.807, 2.05) is 32.0 Å². The van der Waals surface area contributed by atoms with Crippen LogP contribution in [0, 0.1) is 0 Å². The van der Waals surface area contributed by atoms with Crippen molar-refractivity contribution in [3.05, 3.63) is 18.2 Å². The molecule has 1 aromatic rings. The maximum Gasteiger partial charge on any atom is 0.144 e. The zero-order valence-corrected chi connectivity index (χ0v) is 12.0. The summed E-state index contributed by atoms with van der Waals surface area (Å²) in [6, 6.07) is 5.85. The SMILES string of the molecule is CC(C)Oc1cccc(NC2(C)CCCOC2)c1N. The summed E-state index contributed by atoms with van der Waals surface area (Å²) >= 11 is 0. The Labute approximate surface area is 115 Å². The molecule has 0 aromatic heterocycles. The molecule has 0 spiro atoms. The van der Waals surface area contributed by atoms with Gasteiger partial charge in [0.25, 0.3) is 0 Å². The van der Waals surface area contributed by atoms with Crippen LogP contribution >= 0.6 is 0 Å². The second-order valence-electron chi connectivity index (χ2n) is 5.73. The molecule has 1 saturated heterocycles. The Morgan fingerprint density at radius 3 is 2.84 bits per heavy atom. The van der Waals surface area contributed by atoms with E-state index in [9.17, 15) is 0 Å². The van der Waals surface area contributed by atoms with Crippen LogP contribution < -0.4 is 15.8 Å². The minimum atomic E-state index is -0.0528. The summed E-state index contributed by atoms with van der Waals surface area (Å²) in [6.07, 6.45) is 2.28. The number of nitrogens with two attached hydrogens (primary N) is 1. The van der Waals surface area contributed by atoms with Crippen LogP contribution in [0.4, 0.5) is 11.4 Å². The molecule has 1 fully saturated rings. The maximum absolute atomic E-state index is 6.18. The molecule has 1 aromatic carbocycles. The van der Waals surface area contributed by atoms with E-state index in [0.29, 0.717) is 12.3 Å². The first-order valence-corrected chi connectivity index (χ1v) is 6.91. The van der Waals surface area contributed by atoms with E-state index in [-0.39, 0.29) is 11.6 Å². The van der Waals surface area contributed by atoms with Gasteiger partial charge in [0.05, 0.1) is 29.6 Å². The van der Waals surface area contributed by atoms with E-state index in [0.717, 1.165) is 30.9 Å². The minimum Gasteiger partial charge on any atom is -0.489 e. The van der Waals surface area contributed by atoms with Crippen molar-refractivity contribution in [2.24, 2.45) is 0 Å². The quantitative estimate of drug-likeness (QED) is 0.821. The highest BCUT2D eigenvalue weighted by atomic mass is 16.5. The summed E-state index contributed by atoms with van der Waals surface area (Å²) in [6.45, 7) is 7.72. The standard InChI is InChI=1S/C15H24N2O2/c1-11(2)19-13-7-4-6-12(14(13)16)17-15(3)8-5-9-18-10-15/h4,6-7,11,17H,5,8-10,16H2,1-3H3. The normalized spacial score (nSPS) is 23.4. The summed E-state index contributed by atoms with van der Waals surface area (Å²) in [5.41, 5.74) is 7.72. The van der Waals surface area contributed by atoms with Crippen LogP contribution in [0.5, 0.6) is 5.75 Å². The molecule has 0 aliphatic carbocycles. The van der Waals surface area contributed by atoms with Gasteiger partial charge >= 0.3 is 0 Å². The molecule has 0 bridgehead atoms. The van der Waals surface area contributed by atoms with Gasteiger partial charge in [0, 0.05) is 6.61 Å². The zero-order chi connectivity index (χ0) is 13.9. The van der Waals surface area contributed by atoms with E-state index >= 15 is 0 Å². The lowest BCUT2D eigenvalue weighted by Gasteiger charge is -2.35. The van der Waals surface area contributed by atoms with Gasteiger partial charge in [0.2, 0.25) is 0 Å². The van der Waals surface area contributed by atoms with Crippen LogP contribution in [-0.4, -0.2) is 24.9 Å². The van der Waals surface area contributed by atoms with Crippen LogP contribution in [0.25, 0.3) is 0 Å². The van der Waals surface area contributed by atoms with Crippen LogP contribution in [0.3, 0.4) is 0 Å². The highest BCUT2D eigenvalue weighted by molar-refractivity contribution is 5.73. The van der Waals surface area contributed by atoms with E-state index < -0.39 is 0 Å². The lowest BCUT2D eigenvalue weighted by molar-refractivity contribution is 0.0540. The first kappa shape index (κ1) is 14.0. The van der Waals surface area contributed by atoms with Gasteiger partial charge < -0.3 is 20.5 Å². The Kier molecular flexibility index (Phi) is 4.20. The molecule has 1 atom stereocenters. The zero-order valence-electron chi connectivity index (χ0n) is 12.0. The summed E-state index contributed by atoms with van der Waals surface area (Å²) in [5.74, 6) is 0.736. The van der Waals surface area contributed by atoms with Gasteiger partial charge in [-0.2, -0.15) is 0 Å². The molecule has 4 heteroatoms. The fourth-order valence-corrected chi connectivity index (χ4v) is 2.37. The van der Waals surface area contributed by atoms with Crippen molar-refractivity contribution < 1.29 is 9.47 Å². The van der Waals surface area contributed by atoms with E-state index in [2.05, 4.69) is 12.2 Å². The van der Waals surface area contributed by atoms with Gasteiger partial charge in [-0.15, -0.1) is 0 Å². The lowest BCUT2D eigenvalue weighted by atomic mass is 9.94. The van der Waals surface area contributed by atoms with Crippen molar-refractivity contribution in [1.29, 1.82) is 0 Å². The largest absolute Gasteiger partial charge is 0.489 e. The molecule has 106 valence electrons. The monoisotopic (exact) mass is 264 g/mol. The van der Waals surface area contributed by atoms with Crippen molar-refractivity contribution in [2.75, 3.05) is 24.3 Å². The first-order chi connectivity index (χ1) is 9.00. The molecule has 2 rings (SSSR count). The van der Waals surface area contributed by atoms with Gasteiger partial charge in [-0.3, -0.25) is 0 Å². The van der Waals surface area contributed by atoms with Crippen LogP contribution in [0.1, 0.15) is 33.6 Å². The summed E-state index contributed by atoms with van der Waals surface area (Å²) in [7, 11) is 0. The van der Waals surface area contributed by atoms with Crippen molar-refractivity contribution in [1.82, 2.24) is 0 Å². The second-order valence-corrected chi connectivity index (χ2v) is 5.73. The van der Waals surface area contributed by atoms with Crippen LogP contribution in [0.2, 0.25) is 0 Å². The van der Waals surface area contributed by atoms with Crippen molar-refractivity contribution in [3.63, 3.8) is 0 Å². The molecular weight excluding hydrogens is 240 g/mol. The topological polar surface area (TPSA) is 56.5 Å². The van der Waals surface area contributed by atoms with Gasteiger partial charge in [-0.05, 0) is 45.7 Å². The summed E-state index contributed by atoms with van der Waals surface area (Å²) in [5, 5.41) is 3.51. The molecule has 19 heavy (non-hydrogen) atoms. The average molecular weight is 264 g/mol. The molecule has 3 N–H and O–H groups in total. The summed E-state index contributed by atoms with van der Waals surface area (Å²) < 4.78 is 11.3. The number of anilines is 2. The minimum absolute atomic E-state index is 0.0528. The molecule has 1 unspecified atom stereocenters. The predicted octanol–water partition coefficient (Wildman–Crippen LogP) is 3.04. The Morgan fingerprint density at radius 2 is 2.21 bits per heavy atom. The lowest BCUT2D eigenvalue weighted by Crippen LogP contribution is -2.43. The number of nitrogen functional groups attached to an aromatic ring is 1. The molecule has 0 saturated carbocycles. The number of hydrogen-bond donors (Lipinski definition) is 2. The smallest absolute Gasteiger partial charge is 0.144 e. The Morgan fingerprint density at radius 1 is 1.42 bits per heavy atom. The molecule has 1 aliphatic heterocycles. The van der Waals surface area contributed by atoms with Gasteiger partial charge in [-0.25, -0.2) is 0 Å². The Balaban J connectivity index is 2.15. The third-order valence-electron chi connectivity index (χ3n) is 3.30. The molecule has 1 aliphatic rings. The Bertz CT molecular complexity index is 426. The first-order valence-electron chi connectivity index (χ1n) is 6.91. The van der Waals surface area contributed by atoms with E-state index in [1.165, 1.54) is 0 Å². The highest BCUT2D eigenvalue weighted by Gasteiger charge is 2.28. The van der Waals surface area contributed by atoms with E-state index in [1.54, 1.807) is 0 Å². The molecule has 0 amide bonds. The number of para-hydroxylation sites is 1. The molecule has 1 heterocycles. The second kappa shape index (κ2) is 5.70. The third-order valence-corrected chi connectivity index (χ3v) is 3.30. The fourth-order valence-electron chi connectivity index (χ4n) is 2.37. The molecular formula is C15H24N2O2. The van der Waals surface area contributed by atoms with Crippen LogP contribution in [-0.2, 0) is 4.74 Å². The van der Waals surface area contributed by atoms with Crippen molar-refractivity contribution >= 4 is 11.4 Å². The van der Waals surface area contributed by atoms with Crippen molar-refractivity contribution in [2.45, 2.75) is 45.3 Å². The fraction of sp³-hybridized carbons (Fsp3) is 0.600. The Hall–Kier alpha value is -1.42. The number of ether oxygens (including phenoxy) is 2. The van der Waals surface area contributed by atoms with Crippen molar-refractivity contribution in [3.8, 4) is 5.75 Å². The van der Waals surface area contributed by atoms with Crippen LogP contribution in [0.15, 0.2) is 18.2 Å². The van der Waals surface area contributed by atoms with Gasteiger partial charge in [-0.1, -0.05) is 6.07 Å².